The van der Waals surface area contributed by atoms with Crippen LogP contribution in [0.15, 0.2) is 23.8 Å². The molecule has 126 valence electrons. The van der Waals surface area contributed by atoms with Crippen molar-refractivity contribution in [3.63, 3.8) is 0 Å². The van der Waals surface area contributed by atoms with Gasteiger partial charge in [0.1, 0.15) is 0 Å². The van der Waals surface area contributed by atoms with Gasteiger partial charge < -0.3 is 9.84 Å². The molecule has 5 rings (SSSR count). The summed E-state index contributed by atoms with van der Waals surface area (Å²) in [7, 11) is 0. The maximum atomic E-state index is 10.6. The third kappa shape index (κ3) is 1.77. The Balaban J connectivity index is 1.55. The summed E-state index contributed by atoms with van der Waals surface area (Å²) >= 11 is 0. The minimum atomic E-state index is -0.0654. The Kier molecular flexibility index (Phi) is 3.03. The predicted octanol–water partition coefficient (Wildman–Crippen LogP) is 4.10. The van der Waals surface area contributed by atoms with E-state index in [2.05, 4.69) is 19.6 Å². The van der Waals surface area contributed by atoms with Gasteiger partial charge in [0.25, 0.3) is 0 Å². The van der Waals surface area contributed by atoms with Crippen LogP contribution in [0.5, 0.6) is 0 Å². The summed E-state index contributed by atoms with van der Waals surface area (Å²) in [6.45, 7) is 8.50. The molecule has 2 nitrogen and oxygen atoms in total. The highest BCUT2D eigenvalue weighted by Gasteiger charge is 2.61. The van der Waals surface area contributed by atoms with Crippen molar-refractivity contribution in [1.29, 1.82) is 0 Å². The van der Waals surface area contributed by atoms with Crippen molar-refractivity contribution in [2.45, 2.75) is 58.0 Å². The van der Waals surface area contributed by atoms with E-state index in [-0.39, 0.29) is 11.5 Å². The molecule has 1 aliphatic heterocycles. The summed E-state index contributed by atoms with van der Waals surface area (Å²) in [6, 6.07) is 0. The molecule has 2 bridgehead atoms. The highest BCUT2D eigenvalue weighted by molar-refractivity contribution is 5.37. The van der Waals surface area contributed by atoms with Gasteiger partial charge in [0.15, 0.2) is 0 Å². The standard InChI is InChI=1S/C21H30O2/c1-13-9-15-3-4-16-17-5-6-19(22)20(17,2)8-7-18(16)21(15)10-14(13)11-23-12-21/h9,14,16-19,22H,1,3-8,10-12H2,2H3. The maximum absolute atomic E-state index is 10.6. The Morgan fingerprint density at radius 1 is 1.22 bits per heavy atom. The third-order valence-electron chi connectivity index (χ3n) is 8.66. The van der Waals surface area contributed by atoms with Crippen LogP contribution < -0.4 is 0 Å². The summed E-state index contributed by atoms with van der Waals surface area (Å²) < 4.78 is 6.12. The number of hydrogen-bond donors (Lipinski definition) is 1. The second-order valence-corrected chi connectivity index (χ2v) is 9.37. The van der Waals surface area contributed by atoms with Crippen molar-refractivity contribution in [3.05, 3.63) is 23.8 Å². The molecular weight excluding hydrogens is 284 g/mol. The van der Waals surface area contributed by atoms with Gasteiger partial charge in [-0.1, -0.05) is 25.2 Å². The fourth-order valence-electron chi connectivity index (χ4n) is 7.38. The number of hydrogen-bond acceptors (Lipinski definition) is 2. The monoisotopic (exact) mass is 314 g/mol. The summed E-state index contributed by atoms with van der Waals surface area (Å²) in [5.41, 5.74) is 3.46. The minimum Gasteiger partial charge on any atom is -0.393 e. The van der Waals surface area contributed by atoms with Crippen LogP contribution in [-0.4, -0.2) is 24.4 Å². The molecule has 5 aliphatic rings. The number of aliphatic hydroxyl groups excluding tert-OH is 1. The van der Waals surface area contributed by atoms with E-state index in [1.165, 1.54) is 44.1 Å². The van der Waals surface area contributed by atoms with Crippen molar-refractivity contribution >= 4 is 0 Å². The van der Waals surface area contributed by atoms with Gasteiger partial charge in [-0.3, -0.25) is 0 Å². The summed E-state index contributed by atoms with van der Waals surface area (Å²) in [6.07, 6.45) is 11.0. The van der Waals surface area contributed by atoms with Crippen molar-refractivity contribution < 1.29 is 9.84 Å². The van der Waals surface area contributed by atoms with Gasteiger partial charge in [-0.2, -0.15) is 0 Å². The fourth-order valence-corrected chi connectivity index (χ4v) is 7.38. The van der Waals surface area contributed by atoms with E-state index in [9.17, 15) is 5.11 Å². The zero-order chi connectivity index (χ0) is 15.8. The van der Waals surface area contributed by atoms with Gasteiger partial charge >= 0.3 is 0 Å². The normalized spacial score (nSPS) is 54.8. The van der Waals surface area contributed by atoms with Crippen LogP contribution in [0.3, 0.4) is 0 Å². The number of aliphatic hydroxyl groups is 1. The van der Waals surface area contributed by atoms with Crippen LogP contribution in [0.2, 0.25) is 0 Å². The number of fused-ring (bicyclic) bond motifs is 4. The highest BCUT2D eigenvalue weighted by atomic mass is 16.5. The number of ether oxygens (including phenoxy) is 1. The molecule has 0 aromatic heterocycles. The summed E-state index contributed by atoms with van der Waals surface area (Å²) in [5.74, 6) is 2.87. The third-order valence-corrected chi connectivity index (χ3v) is 8.66. The SMILES string of the molecule is C=C1C=C2CCC3C(CCC4(C)C(O)CCC34)C23COCC1C3. The maximum Gasteiger partial charge on any atom is 0.0596 e. The van der Waals surface area contributed by atoms with E-state index in [4.69, 9.17) is 4.74 Å². The fraction of sp³-hybridized carbons (Fsp3) is 0.810. The molecule has 23 heavy (non-hydrogen) atoms. The molecule has 0 amide bonds. The molecule has 1 spiro atoms. The molecule has 0 aromatic carbocycles. The van der Waals surface area contributed by atoms with Crippen LogP contribution in [0.25, 0.3) is 0 Å². The lowest BCUT2D eigenvalue weighted by Gasteiger charge is -2.61. The van der Waals surface area contributed by atoms with Gasteiger partial charge in [-0.25, -0.2) is 0 Å². The first-order valence-corrected chi connectivity index (χ1v) is 9.70. The second-order valence-electron chi connectivity index (χ2n) is 9.37. The molecule has 7 unspecified atom stereocenters. The van der Waals surface area contributed by atoms with Gasteiger partial charge in [-0.05, 0) is 73.7 Å². The van der Waals surface area contributed by atoms with Crippen LogP contribution in [0.1, 0.15) is 51.9 Å². The lowest BCUT2D eigenvalue weighted by Crippen LogP contribution is -2.56. The Morgan fingerprint density at radius 3 is 2.96 bits per heavy atom. The molecule has 7 atom stereocenters. The van der Waals surface area contributed by atoms with Crippen molar-refractivity contribution in [2.75, 3.05) is 13.2 Å². The van der Waals surface area contributed by atoms with E-state index in [0.29, 0.717) is 11.3 Å². The molecule has 3 saturated carbocycles. The Bertz CT molecular complexity index is 578. The molecule has 0 radical (unpaired) electrons. The summed E-state index contributed by atoms with van der Waals surface area (Å²) in [4.78, 5) is 0. The van der Waals surface area contributed by atoms with E-state index >= 15 is 0 Å². The minimum absolute atomic E-state index is 0.0654. The van der Waals surface area contributed by atoms with Crippen molar-refractivity contribution in [2.24, 2.45) is 34.5 Å². The highest BCUT2D eigenvalue weighted by Crippen LogP contribution is 2.66. The second kappa shape index (κ2) is 4.73. The molecule has 4 fully saturated rings. The molecule has 4 aliphatic carbocycles. The molecular formula is C21H30O2. The number of allylic oxidation sites excluding steroid dienone is 1. The van der Waals surface area contributed by atoms with Gasteiger partial charge in [0.05, 0.1) is 19.3 Å². The molecule has 1 saturated heterocycles. The number of rotatable bonds is 0. The topological polar surface area (TPSA) is 29.5 Å². The first-order valence-electron chi connectivity index (χ1n) is 9.70. The van der Waals surface area contributed by atoms with Crippen molar-refractivity contribution in [3.8, 4) is 0 Å². The predicted molar refractivity (Wildman–Crippen MR) is 90.9 cm³/mol. The van der Waals surface area contributed by atoms with E-state index in [1.807, 2.05) is 0 Å². The van der Waals surface area contributed by atoms with Crippen LogP contribution in [-0.2, 0) is 4.74 Å². The van der Waals surface area contributed by atoms with Gasteiger partial charge in [0, 0.05) is 11.3 Å². The zero-order valence-electron chi connectivity index (χ0n) is 14.4. The Morgan fingerprint density at radius 2 is 2.09 bits per heavy atom. The van der Waals surface area contributed by atoms with E-state index in [1.54, 1.807) is 5.57 Å². The molecule has 0 aromatic rings. The lowest BCUT2D eigenvalue weighted by molar-refractivity contribution is -0.124. The van der Waals surface area contributed by atoms with Crippen LogP contribution in [0.4, 0.5) is 0 Å². The lowest BCUT2D eigenvalue weighted by atomic mass is 9.46. The summed E-state index contributed by atoms with van der Waals surface area (Å²) in [5, 5.41) is 10.6. The quantitative estimate of drug-likeness (QED) is 0.729. The van der Waals surface area contributed by atoms with Gasteiger partial charge in [-0.15, -0.1) is 0 Å². The van der Waals surface area contributed by atoms with E-state index < -0.39 is 0 Å². The van der Waals surface area contributed by atoms with Crippen LogP contribution in [0, 0.1) is 34.5 Å². The smallest absolute Gasteiger partial charge is 0.0596 e. The largest absolute Gasteiger partial charge is 0.393 e. The molecule has 2 heteroatoms. The Hall–Kier alpha value is -0.600. The zero-order valence-corrected chi connectivity index (χ0v) is 14.4. The first kappa shape index (κ1) is 14.7. The molecule has 1 heterocycles. The van der Waals surface area contributed by atoms with Crippen LogP contribution >= 0.6 is 0 Å². The first-order chi connectivity index (χ1) is 11.0. The van der Waals surface area contributed by atoms with Crippen molar-refractivity contribution in [1.82, 2.24) is 0 Å². The average Bonchev–Trinajstić information content (AvgIpc) is 2.85. The molecule has 1 N–H and O–H groups in total. The van der Waals surface area contributed by atoms with E-state index in [0.717, 1.165) is 37.4 Å². The van der Waals surface area contributed by atoms with Gasteiger partial charge in [0.2, 0.25) is 0 Å². The average molecular weight is 314 g/mol. The Labute approximate surface area is 140 Å².